The van der Waals surface area contributed by atoms with Crippen molar-refractivity contribution in [3.05, 3.63) is 70.3 Å². The van der Waals surface area contributed by atoms with Crippen molar-refractivity contribution >= 4 is 17.6 Å². The van der Waals surface area contributed by atoms with E-state index in [1.807, 2.05) is 37.3 Å². The SMILES string of the molecule is CCC[C@H](NC(=O)[C@H](C)OC(=O)COc1ccc([N+](=O)[O-])cc1)c1ccccc1. The quantitative estimate of drug-likeness (QED) is 0.371. The molecule has 0 spiro atoms. The van der Waals surface area contributed by atoms with Crippen molar-refractivity contribution in [2.75, 3.05) is 6.61 Å². The molecule has 0 aromatic heterocycles. The van der Waals surface area contributed by atoms with Crippen LogP contribution in [0, 0.1) is 10.1 Å². The lowest BCUT2D eigenvalue weighted by atomic mass is 10.0. The first-order valence-electron chi connectivity index (χ1n) is 9.32. The van der Waals surface area contributed by atoms with Crippen LogP contribution in [0.1, 0.15) is 38.3 Å². The highest BCUT2D eigenvalue weighted by Gasteiger charge is 2.22. The number of esters is 1. The summed E-state index contributed by atoms with van der Waals surface area (Å²) in [6, 6.07) is 14.8. The summed E-state index contributed by atoms with van der Waals surface area (Å²) in [5.41, 5.74) is 0.910. The Morgan fingerprint density at radius 2 is 1.76 bits per heavy atom. The minimum absolute atomic E-state index is 0.0785. The van der Waals surface area contributed by atoms with Crippen molar-refractivity contribution in [1.82, 2.24) is 5.32 Å². The fraction of sp³-hybridized carbons (Fsp3) is 0.333. The maximum absolute atomic E-state index is 12.4. The van der Waals surface area contributed by atoms with E-state index in [0.717, 1.165) is 18.4 Å². The van der Waals surface area contributed by atoms with Crippen molar-refractivity contribution < 1.29 is 24.0 Å². The maximum Gasteiger partial charge on any atom is 0.344 e. The Bertz CT molecular complexity index is 823. The summed E-state index contributed by atoms with van der Waals surface area (Å²) in [4.78, 5) is 34.5. The van der Waals surface area contributed by atoms with Gasteiger partial charge in [0.1, 0.15) is 5.75 Å². The van der Waals surface area contributed by atoms with Crippen molar-refractivity contribution in [2.24, 2.45) is 0 Å². The molecule has 0 bridgehead atoms. The average Bonchev–Trinajstić information content (AvgIpc) is 2.72. The van der Waals surface area contributed by atoms with Gasteiger partial charge in [-0.3, -0.25) is 14.9 Å². The van der Waals surface area contributed by atoms with Gasteiger partial charge in [-0.15, -0.1) is 0 Å². The van der Waals surface area contributed by atoms with Crippen LogP contribution in [0.5, 0.6) is 5.75 Å². The summed E-state index contributed by atoms with van der Waals surface area (Å²) in [7, 11) is 0. The zero-order chi connectivity index (χ0) is 21.2. The molecule has 2 aromatic rings. The van der Waals surface area contributed by atoms with Crippen LogP contribution in [0.3, 0.4) is 0 Å². The predicted octanol–water partition coefficient (Wildman–Crippen LogP) is 3.56. The van der Waals surface area contributed by atoms with E-state index in [0.29, 0.717) is 0 Å². The molecule has 0 saturated heterocycles. The highest BCUT2D eigenvalue weighted by Crippen LogP contribution is 2.19. The van der Waals surface area contributed by atoms with Gasteiger partial charge in [0.25, 0.3) is 11.6 Å². The molecule has 0 saturated carbocycles. The van der Waals surface area contributed by atoms with E-state index in [4.69, 9.17) is 9.47 Å². The van der Waals surface area contributed by atoms with Gasteiger partial charge in [0.2, 0.25) is 0 Å². The van der Waals surface area contributed by atoms with Crippen LogP contribution in [-0.2, 0) is 14.3 Å². The van der Waals surface area contributed by atoms with Crippen LogP contribution in [0.15, 0.2) is 54.6 Å². The van der Waals surface area contributed by atoms with Gasteiger partial charge < -0.3 is 14.8 Å². The second-order valence-electron chi connectivity index (χ2n) is 6.43. The number of hydrogen-bond acceptors (Lipinski definition) is 6. The largest absolute Gasteiger partial charge is 0.482 e. The fourth-order valence-electron chi connectivity index (χ4n) is 2.68. The van der Waals surface area contributed by atoms with E-state index in [9.17, 15) is 19.7 Å². The fourth-order valence-corrected chi connectivity index (χ4v) is 2.68. The molecule has 1 N–H and O–H groups in total. The molecular formula is C21H24N2O6. The Morgan fingerprint density at radius 1 is 1.10 bits per heavy atom. The van der Waals surface area contributed by atoms with Crippen LogP contribution in [0.2, 0.25) is 0 Å². The second-order valence-corrected chi connectivity index (χ2v) is 6.43. The molecule has 0 radical (unpaired) electrons. The van der Waals surface area contributed by atoms with Gasteiger partial charge in [-0.25, -0.2) is 4.79 Å². The summed E-state index contributed by atoms with van der Waals surface area (Å²) >= 11 is 0. The monoisotopic (exact) mass is 400 g/mol. The molecule has 154 valence electrons. The van der Waals surface area contributed by atoms with Crippen LogP contribution < -0.4 is 10.1 Å². The Hall–Kier alpha value is -3.42. The van der Waals surface area contributed by atoms with E-state index in [1.165, 1.54) is 31.2 Å². The van der Waals surface area contributed by atoms with Gasteiger partial charge in [-0.2, -0.15) is 0 Å². The number of carbonyl (C=O) groups is 2. The molecule has 2 aromatic carbocycles. The van der Waals surface area contributed by atoms with Gasteiger partial charge in [0.05, 0.1) is 11.0 Å². The van der Waals surface area contributed by atoms with Gasteiger partial charge in [0.15, 0.2) is 12.7 Å². The van der Waals surface area contributed by atoms with Crippen molar-refractivity contribution in [3.8, 4) is 5.75 Å². The number of nitro benzene ring substituents is 1. The number of benzene rings is 2. The van der Waals surface area contributed by atoms with Crippen LogP contribution in [-0.4, -0.2) is 29.5 Å². The van der Waals surface area contributed by atoms with Gasteiger partial charge in [-0.1, -0.05) is 43.7 Å². The Labute approximate surface area is 169 Å². The van der Waals surface area contributed by atoms with Crippen molar-refractivity contribution in [1.29, 1.82) is 0 Å². The van der Waals surface area contributed by atoms with Gasteiger partial charge in [0, 0.05) is 12.1 Å². The first-order chi connectivity index (χ1) is 13.9. The molecular weight excluding hydrogens is 376 g/mol. The number of nitrogens with zero attached hydrogens (tertiary/aromatic N) is 1. The van der Waals surface area contributed by atoms with Crippen LogP contribution in [0.4, 0.5) is 5.69 Å². The zero-order valence-corrected chi connectivity index (χ0v) is 16.4. The van der Waals surface area contributed by atoms with E-state index in [1.54, 1.807) is 0 Å². The number of ether oxygens (including phenoxy) is 2. The second kappa shape index (κ2) is 10.8. The molecule has 1 amide bonds. The lowest BCUT2D eigenvalue weighted by Gasteiger charge is -2.21. The highest BCUT2D eigenvalue weighted by molar-refractivity contribution is 5.84. The number of nitro groups is 1. The molecule has 0 fully saturated rings. The third-order valence-corrected chi connectivity index (χ3v) is 4.18. The summed E-state index contributed by atoms with van der Waals surface area (Å²) < 4.78 is 10.4. The number of amides is 1. The molecule has 2 atom stereocenters. The van der Waals surface area contributed by atoms with E-state index in [-0.39, 0.29) is 17.5 Å². The van der Waals surface area contributed by atoms with E-state index < -0.39 is 29.5 Å². The lowest BCUT2D eigenvalue weighted by molar-refractivity contribution is -0.384. The minimum atomic E-state index is -0.981. The molecule has 2 rings (SSSR count). The molecule has 0 aliphatic carbocycles. The Kier molecular flexibility index (Phi) is 8.14. The molecule has 0 aliphatic rings. The lowest BCUT2D eigenvalue weighted by Crippen LogP contribution is -2.38. The summed E-state index contributed by atoms with van der Waals surface area (Å²) in [5.74, 6) is -0.814. The number of non-ortho nitro benzene ring substituents is 1. The standard InChI is InChI=1S/C21H24N2O6/c1-3-7-19(16-8-5-4-6-9-16)22-21(25)15(2)29-20(24)14-28-18-12-10-17(11-13-18)23(26)27/h4-6,8-13,15,19H,3,7,14H2,1-2H3,(H,22,25)/t15-,19-/m0/s1. The first kappa shape index (κ1) is 21.9. The van der Waals surface area contributed by atoms with E-state index in [2.05, 4.69) is 5.32 Å². The predicted molar refractivity (Wildman–Crippen MR) is 106 cm³/mol. The molecule has 8 heteroatoms. The van der Waals surface area contributed by atoms with E-state index >= 15 is 0 Å². The zero-order valence-electron chi connectivity index (χ0n) is 16.4. The topological polar surface area (TPSA) is 108 Å². The number of carbonyl (C=O) groups excluding carboxylic acids is 2. The third-order valence-electron chi connectivity index (χ3n) is 4.18. The normalized spacial score (nSPS) is 12.5. The summed E-state index contributed by atoms with van der Waals surface area (Å²) in [6.07, 6.45) is 0.669. The molecule has 8 nitrogen and oxygen atoms in total. The Balaban J connectivity index is 1.84. The van der Waals surface area contributed by atoms with Crippen LogP contribution in [0.25, 0.3) is 0 Å². The number of rotatable bonds is 10. The highest BCUT2D eigenvalue weighted by atomic mass is 16.6. The number of nitrogens with one attached hydrogen (secondary N) is 1. The smallest absolute Gasteiger partial charge is 0.344 e. The first-order valence-corrected chi connectivity index (χ1v) is 9.32. The summed E-state index contributed by atoms with van der Waals surface area (Å²) in [5, 5.41) is 13.5. The minimum Gasteiger partial charge on any atom is -0.482 e. The third kappa shape index (κ3) is 6.91. The van der Waals surface area contributed by atoms with Crippen molar-refractivity contribution in [3.63, 3.8) is 0 Å². The maximum atomic E-state index is 12.4. The Morgan fingerprint density at radius 3 is 2.34 bits per heavy atom. The molecule has 29 heavy (non-hydrogen) atoms. The van der Waals surface area contributed by atoms with Gasteiger partial charge >= 0.3 is 5.97 Å². The van der Waals surface area contributed by atoms with Gasteiger partial charge in [-0.05, 0) is 31.0 Å². The number of hydrogen-bond donors (Lipinski definition) is 1. The van der Waals surface area contributed by atoms with Crippen molar-refractivity contribution in [2.45, 2.75) is 38.8 Å². The molecule has 0 heterocycles. The molecule has 0 aliphatic heterocycles. The average molecular weight is 400 g/mol. The molecule has 0 unspecified atom stereocenters. The summed E-state index contributed by atoms with van der Waals surface area (Å²) in [6.45, 7) is 3.11. The van der Waals surface area contributed by atoms with Crippen LogP contribution >= 0.6 is 0 Å².